The maximum atomic E-state index is 3.50. The third-order valence-electron chi connectivity index (χ3n) is 3.93. The van der Waals surface area contributed by atoms with Crippen molar-refractivity contribution in [2.75, 3.05) is 7.05 Å². The monoisotopic (exact) mass is 237 g/mol. The number of likely N-dealkylation sites (N-methyl/N-ethyl adjacent to an activating group) is 1. The molecule has 1 N–H and O–H groups in total. The summed E-state index contributed by atoms with van der Waals surface area (Å²) in [5, 5.41) is 3.50. The van der Waals surface area contributed by atoms with Gasteiger partial charge in [0.1, 0.15) is 0 Å². The van der Waals surface area contributed by atoms with Crippen LogP contribution in [-0.4, -0.2) is 13.1 Å². The molecule has 1 heterocycles. The van der Waals surface area contributed by atoms with Gasteiger partial charge in [0.05, 0.1) is 0 Å². The number of thiophene rings is 1. The van der Waals surface area contributed by atoms with Crippen LogP contribution in [-0.2, 0) is 12.8 Å². The quantitative estimate of drug-likeness (QED) is 0.826. The van der Waals surface area contributed by atoms with Gasteiger partial charge in [0.2, 0.25) is 0 Å². The Hall–Kier alpha value is -0.340. The largest absolute Gasteiger partial charge is 0.316 e. The smallest absolute Gasteiger partial charge is 0.0146 e. The lowest BCUT2D eigenvalue weighted by Gasteiger charge is -2.17. The first kappa shape index (κ1) is 12.1. The minimum absolute atomic E-state index is 0.568. The Labute approximate surface area is 103 Å². The predicted octanol–water partition coefficient (Wildman–Crippen LogP) is 3.49. The van der Waals surface area contributed by atoms with E-state index in [9.17, 15) is 0 Å². The van der Waals surface area contributed by atoms with Crippen LogP contribution >= 0.6 is 11.3 Å². The Balaban J connectivity index is 1.97. The summed E-state index contributed by atoms with van der Waals surface area (Å²) in [6.45, 7) is 7.00. The highest BCUT2D eigenvalue weighted by Crippen LogP contribution is 2.54. The number of hydrogen-bond donors (Lipinski definition) is 1. The van der Waals surface area contributed by atoms with Crippen LogP contribution in [0.1, 0.15) is 36.9 Å². The molecule has 0 radical (unpaired) electrons. The van der Waals surface area contributed by atoms with Crippen molar-refractivity contribution < 1.29 is 0 Å². The summed E-state index contributed by atoms with van der Waals surface area (Å²) < 4.78 is 0. The molecule has 2 atom stereocenters. The first-order valence-corrected chi connectivity index (χ1v) is 7.13. The van der Waals surface area contributed by atoms with Gasteiger partial charge in [-0.15, -0.1) is 11.3 Å². The molecule has 0 aromatic carbocycles. The van der Waals surface area contributed by atoms with E-state index in [0.29, 0.717) is 11.5 Å². The Morgan fingerprint density at radius 2 is 2.06 bits per heavy atom. The molecule has 1 aliphatic rings. The van der Waals surface area contributed by atoms with Crippen molar-refractivity contribution in [2.24, 2.45) is 11.3 Å². The molecular formula is C14H23NS. The van der Waals surface area contributed by atoms with Crippen LogP contribution in [0.2, 0.25) is 0 Å². The highest BCUT2D eigenvalue weighted by molar-refractivity contribution is 7.11. The summed E-state index contributed by atoms with van der Waals surface area (Å²) in [4.78, 5) is 3.05. The van der Waals surface area contributed by atoms with Crippen LogP contribution in [0.25, 0.3) is 0 Å². The second-order valence-electron chi connectivity index (χ2n) is 5.62. The minimum Gasteiger partial charge on any atom is -0.316 e. The third kappa shape index (κ3) is 2.49. The van der Waals surface area contributed by atoms with Crippen molar-refractivity contribution in [3.8, 4) is 0 Å². The summed E-state index contributed by atoms with van der Waals surface area (Å²) in [5.41, 5.74) is 0.568. The van der Waals surface area contributed by atoms with E-state index < -0.39 is 0 Å². The zero-order valence-corrected chi connectivity index (χ0v) is 11.7. The maximum Gasteiger partial charge on any atom is 0.0146 e. The molecule has 2 heteroatoms. The second-order valence-corrected chi connectivity index (χ2v) is 6.87. The van der Waals surface area contributed by atoms with Crippen LogP contribution in [0.15, 0.2) is 12.1 Å². The minimum atomic E-state index is 0.568. The van der Waals surface area contributed by atoms with E-state index in [-0.39, 0.29) is 0 Å². The zero-order valence-electron chi connectivity index (χ0n) is 10.8. The van der Waals surface area contributed by atoms with Gasteiger partial charge >= 0.3 is 0 Å². The Kier molecular flexibility index (Phi) is 3.41. The van der Waals surface area contributed by atoms with E-state index in [2.05, 4.69) is 45.3 Å². The average Bonchev–Trinajstić information content (AvgIpc) is 2.71. The molecular weight excluding hydrogens is 214 g/mol. The number of aryl methyl sites for hydroxylation is 1. The molecule has 16 heavy (non-hydrogen) atoms. The van der Waals surface area contributed by atoms with Crippen molar-refractivity contribution in [3.05, 3.63) is 21.9 Å². The first-order chi connectivity index (χ1) is 7.56. The summed E-state index contributed by atoms with van der Waals surface area (Å²) in [7, 11) is 2.10. The normalized spacial score (nSPS) is 24.4. The molecule has 0 aliphatic heterocycles. The van der Waals surface area contributed by atoms with Gasteiger partial charge in [-0.05, 0) is 49.8 Å². The topological polar surface area (TPSA) is 12.0 Å². The van der Waals surface area contributed by atoms with E-state index in [1.54, 1.807) is 4.88 Å². The molecule has 1 nitrogen and oxygen atoms in total. The maximum absolute atomic E-state index is 3.50. The van der Waals surface area contributed by atoms with Crippen LogP contribution in [0.4, 0.5) is 0 Å². The Bertz CT molecular complexity index is 353. The summed E-state index contributed by atoms with van der Waals surface area (Å²) in [6.07, 6.45) is 3.75. The molecule has 1 saturated carbocycles. The molecule has 1 aromatic heterocycles. The average molecular weight is 237 g/mol. The summed E-state index contributed by atoms with van der Waals surface area (Å²) >= 11 is 1.98. The molecule has 0 bridgehead atoms. The predicted molar refractivity (Wildman–Crippen MR) is 72.1 cm³/mol. The fraction of sp³-hybridized carbons (Fsp3) is 0.714. The van der Waals surface area contributed by atoms with Gasteiger partial charge in [0, 0.05) is 15.8 Å². The SMILES string of the molecule is CCc1ccc(CC(NC)C2CC2(C)C)s1. The van der Waals surface area contributed by atoms with Crippen molar-refractivity contribution in [1.82, 2.24) is 5.32 Å². The zero-order chi connectivity index (χ0) is 11.8. The van der Waals surface area contributed by atoms with Gasteiger partial charge in [-0.25, -0.2) is 0 Å². The van der Waals surface area contributed by atoms with Crippen LogP contribution in [0, 0.1) is 11.3 Å². The lowest BCUT2D eigenvalue weighted by molar-refractivity contribution is 0.428. The third-order valence-corrected chi connectivity index (χ3v) is 5.18. The molecule has 2 rings (SSSR count). The summed E-state index contributed by atoms with van der Waals surface area (Å²) in [5.74, 6) is 0.865. The van der Waals surface area contributed by atoms with Crippen molar-refractivity contribution in [3.63, 3.8) is 0 Å². The van der Waals surface area contributed by atoms with Crippen LogP contribution < -0.4 is 5.32 Å². The van der Waals surface area contributed by atoms with E-state index in [1.165, 1.54) is 24.1 Å². The second kappa shape index (κ2) is 4.50. The van der Waals surface area contributed by atoms with Crippen molar-refractivity contribution in [2.45, 2.75) is 46.1 Å². The van der Waals surface area contributed by atoms with Crippen molar-refractivity contribution in [1.29, 1.82) is 0 Å². The molecule has 1 aromatic rings. The lowest BCUT2D eigenvalue weighted by atomic mass is 10.0. The fourth-order valence-electron chi connectivity index (χ4n) is 2.58. The molecule has 1 fully saturated rings. The van der Waals surface area contributed by atoms with E-state index in [1.807, 2.05) is 11.3 Å². The van der Waals surface area contributed by atoms with Crippen LogP contribution in [0.3, 0.4) is 0 Å². The van der Waals surface area contributed by atoms with E-state index in [0.717, 1.165) is 5.92 Å². The fourth-order valence-corrected chi connectivity index (χ4v) is 3.60. The molecule has 1 aliphatic carbocycles. The first-order valence-electron chi connectivity index (χ1n) is 6.31. The summed E-state index contributed by atoms with van der Waals surface area (Å²) in [6, 6.07) is 5.26. The standard InChI is InChI=1S/C14H23NS/c1-5-10-6-7-11(16-10)8-13(15-4)12-9-14(12,2)3/h6-7,12-13,15H,5,8-9H2,1-4H3. The number of rotatable bonds is 5. The van der Waals surface area contributed by atoms with Gasteiger partial charge in [0.25, 0.3) is 0 Å². The van der Waals surface area contributed by atoms with E-state index >= 15 is 0 Å². The lowest BCUT2D eigenvalue weighted by Crippen LogP contribution is -2.31. The van der Waals surface area contributed by atoms with Gasteiger partial charge in [-0.2, -0.15) is 0 Å². The van der Waals surface area contributed by atoms with Gasteiger partial charge < -0.3 is 5.32 Å². The van der Waals surface area contributed by atoms with Crippen LogP contribution in [0.5, 0.6) is 0 Å². The molecule has 0 saturated heterocycles. The number of nitrogens with one attached hydrogen (secondary N) is 1. The van der Waals surface area contributed by atoms with Crippen molar-refractivity contribution >= 4 is 11.3 Å². The van der Waals surface area contributed by atoms with Gasteiger partial charge in [-0.1, -0.05) is 20.8 Å². The Morgan fingerprint density at radius 1 is 1.44 bits per heavy atom. The Morgan fingerprint density at radius 3 is 2.50 bits per heavy atom. The highest BCUT2D eigenvalue weighted by Gasteiger charge is 2.49. The van der Waals surface area contributed by atoms with E-state index in [4.69, 9.17) is 0 Å². The van der Waals surface area contributed by atoms with Gasteiger partial charge in [-0.3, -0.25) is 0 Å². The highest BCUT2D eigenvalue weighted by atomic mass is 32.1. The molecule has 0 amide bonds. The number of hydrogen-bond acceptors (Lipinski definition) is 2. The molecule has 0 spiro atoms. The van der Waals surface area contributed by atoms with Gasteiger partial charge in [0.15, 0.2) is 0 Å². The molecule has 2 unspecified atom stereocenters. The molecule has 90 valence electrons.